The summed E-state index contributed by atoms with van der Waals surface area (Å²) in [4.78, 5) is 34.8. The number of nitrogens with one attached hydrogen (secondary N) is 2. The number of aryl methyl sites for hydroxylation is 2. The third-order valence-electron chi connectivity index (χ3n) is 7.05. The van der Waals surface area contributed by atoms with Gasteiger partial charge in [0.25, 0.3) is 0 Å². The van der Waals surface area contributed by atoms with E-state index in [1.54, 1.807) is 13.3 Å². The number of carbonyl (C=O) groups is 1. The number of piperidine rings is 1. The second kappa shape index (κ2) is 9.66. The molecule has 4 aromatic rings. The summed E-state index contributed by atoms with van der Waals surface area (Å²) in [6.07, 6.45) is 4.00. The maximum Gasteiger partial charge on any atom is 0.228 e. The third-order valence-corrected chi connectivity index (χ3v) is 7.05. The molecule has 0 saturated carbocycles. The molecule has 3 aromatic heterocycles. The van der Waals surface area contributed by atoms with Gasteiger partial charge in [-0.1, -0.05) is 12.1 Å². The smallest absolute Gasteiger partial charge is 0.228 e. The monoisotopic (exact) mass is 484 g/mol. The zero-order valence-electron chi connectivity index (χ0n) is 21.5. The van der Waals surface area contributed by atoms with Crippen LogP contribution in [0.5, 0.6) is 0 Å². The van der Waals surface area contributed by atoms with Crippen molar-refractivity contribution >= 4 is 29.0 Å². The zero-order chi connectivity index (χ0) is 25.4. The molecule has 1 aliphatic rings. The van der Waals surface area contributed by atoms with Gasteiger partial charge in [0.15, 0.2) is 11.5 Å². The Kier molecular flexibility index (Phi) is 6.40. The molecule has 0 aliphatic carbocycles. The van der Waals surface area contributed by atoms with Gasteiger partial charge < -0.3 is 14.8 Å². The Hall–Kier alpha value is -3.85. The predicted molar refractivity (Wildman–Crippen MR) is 143 cm³/mol. The van der Waals surface area contributed by atoms with Crippen LogP contribution in [0.15, 0.2) is 35.3 Å². The highest BCUT2D eigenvalue weighted by atomic mass is 16.1. The molecule has 0 unspecified atom stereocenters. The van der Waals surface area contributed by atoms with E-state index < -0.39 is 0 Å². The minimum Gasteiger partial charge on any atom is -0.356 e. The average molecular weight is 485 g/mol. The molecule has 0 amide bonds. The Balaban J connectivity index is 1.44. The van der Waals surface area contributed by atoms with E-state index >= 15 is 0 Å². The van der Waals surface area contributed by atoms with E-state index in [1.165, 1.54) is 0 Å². The van der Waals surface area contributed by atoms with Gasteiger partial charge in [-0.2, -0.15) is 5.10 Å². The lowest BCUT2D eigenvalue weighted by Crippen LogP contribution is -2.42. The van der Waals surface area contributed by atoms with Gasteiger partial charge in [-0.05, 0) is 64.5 Å². The summed E-state index contributed by atoms with van der Waals surface area (Å²) in [6, 6.07) is 10.2. The van der Waals surface area contributed by atoms with Gasteiger partial charge in [0.05, 0.1) is 11.2 Å². The summed E-state index contributed by atoms with van der Waals surface area (Å²) in [5, 5.41) is 7.36. The van der Waals surface area contributed by atoms with Crippen LogP contribution in [0.25, 0.3) is 22.3 Å². The number of aromatic nitrogens is 5. The van der Waals surface area contributed by atoms with Gasteiger partial charge >= 0.3 is 0 Å². The van der Waals surface area contributed by atoms with Gasteiger partial charge in [-0.15, -0.1) is 0 Å². The topological polar surface area (TPSA) is 106 Å². The predicted octanol–water partition coefficient (Wildman–Crippen LogP) is 3.77. The minimum absolute atomic E-state index is 0.179. The molecule has 0 radical (unpaired) electrons. The normalized spacial score (nSPS) is 15.0. The van der Waals surface area contributed by atoms with Crippen molar-refractivity contribution in [3.8, 4) is 11.1 Å². The quantitative estimate of drug-likeness (QED) is 0.319. The fraction of sp³-hybridized carbons (Fsp3) is 0.370. The van der Waals surface area contributed by atoms with Crippen LogP contribution in [0.4, 0.5) is 5.82 Å². The maximum absolute atomic E-state index is 13.5. The molecule has 186 valence electrons. The van der Waals surface area contributed by atoms with Crippen molar-refractivity contribution < 1.29 is 4.79 Å². The van der Waals surface area contributed by atoms with Gasteiger partial charge in [-0.25, -0.2) is 9.97 Å². The largest absolute Gasteiger partial charge is 0.356 e. The van der Waals surface area contributed by atoms with Crippen molar-refractivity contribution in [1.82, 2.24) is 30.0 Å². The van der Waals surface area contributed by atoms with Crippen LogP contribution in [0.3, 0.4) is 0 Å². The summed E-state index contributed by atoms with van der Waals surface area (Å²) in [5.74, 6) is 1.01. The Bertz CT molecular complexity index is 1420. The van der Waals surface area contributed by atoms with E-state index in [2.05, 4.69) is 49.1 Å². The van der Waals surface area contributed by atoms with Crippen LogP contribution in [-0.4, -0.2) is 82.3 Å². The Morgan fingerprint density at radius 2 is 1.92 bits per heavy atom. The number of pyridine rings is 1. The lowest BCUT2D eigenvalue weighted by Gasteiger charge is -2.35. The molecule has 36 heavy (non-hydrogen) atoms. The molecule has 1 aliphatic heterocycles. The number of ketones is 1. The summed E-state index contributed by atoms with van der Waals surface area (Å²) in [6.45, 7) is 5.84. The van der Waals surface area contributed by atoms with Crippen LogP contribution in [0.2, 0.25) is 0 Å². The number of nitrogens with zero attached hydrogens (tertiary/aromatic N) is 6. The summed E-state index contributed by atoms with van der Waals surface area (Å²) < 4.78 is 0. The van der Waals surface area contributed by atoms with Crippen molar-refractivity contribution in [2.75, 3.05) is 39.1 Å². The second-order valence-electron chi connectivity index (χ2n) is 9.64. The van der Waals surface area contributed by atoms with E-state index in [1.807, 2.05) is 44.2 Å². The molecule has 0 spiro atoms. The molecule has 9 nitrogen and oxygen atoms in total. The number of hydrogen-bond donors (Lipinski definition) is 2. The molecule has 0 bridgehead atoms. The zero-order valence-corrected chi connectivity index (χ0v) is 21.5. The first-order valence-corrected chi connectivity index (χ1v) is 12.3. The van der Waals surface area contributed by atoms with Crippen LogP contribution >= 0.6 is 0 Å². The highest BCUT2D eigenvalue weighted by Gasteiger charge is 2.23. The third kappa shape index (κ3) is 4.42. The van der Waals surface area contributed by atoms with Crippen molar-refractivity contribution in [2.24, 2.45) is 4.99 Å². The molecule has 1 saturated heterocycles. The summed E-state index contributed by atoms with van der Waals surface area (Å²) in [7, 11) is 6.01. The Morgan fingerprint density at radius 1 is 1.14 bits per heavy atom. The SMILES string of the molecule is CN=Cc1ccc(C(=O)c2nc3nc(N4CCC(N(C)C)CC4)ccc3[nH]2)cc1-c1c(C)n[nH]c1C. The molecule has 1 aromatic carbocycles. The molecule has 1 fully saturated rings. The fourth-order valence-corrected chi connectivity index (χ4v) is 5.03. The van der Waals surface area contributed by atoms with E-state index in [4.69, 9.17) is 4.98 Å². The first kappa shape index (κ1) is 23.9. The molecular weight excluding hydrogens is 452 g/mol. The van der Waals surface area contributed by atoms with Crippen LogP contribution < -0.4 is 4.90 Å². The van der Waals surface area contributed by atoms with E-state index in [0.29, 0.717) is 17.3 Å². The lowest BCUT2D eigenvalue weighted by molar-refractivity contribution is 0.103. The van der Waals surface area contributed by atoms with E-state index in [0.717, 1.165) is 65.3 Å². The number of rotatable bonds is 6. The molecular formula is C27H32N8O. The number of aliphatic imine (C=N–C) groups is 1. The number of fused-ring (bicyclic) bond motifs is 1. The number of H-pyrrole nitrogens is 2. The van der Waals surface area contributed by atoms with Gasteiger partial charge in [-0.3, -0.25) is 14.9 Å². The van der Waals surface area contributed by atoms with Crippen molar-refractivity contribution in [1.29, 1.82) is 0 Å². The number of anilines is 1. The highest BCUT2D eigenvalue weighted by Crippen LogP contribution is 2.30. The van der Waals surface area contributed by atoms with Gasteiger partial charge in [0, 0.05) is 54.8 Å². The van der Waals surface area contributed by atoms with E-state index in [-0.39, 0.29) is 11.6 Å². The van der Waals surface area contributed by atoms with Crippen LogP contribution in [0.1, 0.15) is 46.0 Å². The van der Waals surface area contributed by atoms with Crippen molar-refractivity contribution in [2.45, 2.75) is 32.7 Å². The minimum atomic E-state index is -0.179. The van der Waals surface area contributed by atoms with Gasteiger partial charge in [0.1, 0.15) is 5.82 Å². The van der Waals surface area contributed by atoms with Crippen LogP contribution in [-0.2, 0) is 0 Å². The molecule has 9 heteroatoms. The molecule has 4 heterocycles. The van der Waals surface area contributed by atoms with Gasteiger partial charge in [0.2, 0.25) is 5.78 Å². The summed E-state index contributed by atoms with van der Waals surface area (Å²) >= 11 is 0. The standard InChI is InChI=1S/C27H32N8O/c1-16-24(17(2)33-32-16)21-14-18(6-7-19(21)15-28-3)25(36)27-29-22-8-9-23(30-26(22)31-27)35-12-10-20(11-13-35)34(4)5/h6-9,14-15,20H,10-13H2,1-5H3,(H,32,33)(H,29,30,31). The van der Waals surface area contributed by atoms with Crippen LogP contribution in [0, 0.1) is 13.8 Å². The molecule has 2 N–H and O–H groups in total. The molecule has 0 atom stereocenters. The maximum atomic E-state index is 13.5. The number of benzene rings is 1. The highest BCUT2D eigenvalue weighted by molar-refractivity contribution is 6.09. The Morgan fingerprint density at radius 3 is 2.58 bits per heavy atom. The summed E-state index contributed by atoms with van der Waals surface area (Å²) in [5.41, 5.74) is 6.49. The average Bonchev–Trinajstić information content (AvgIpc) is 3.46. The first-order chi connectivity index (χ1) is 17.4. The number of imidazole rings is 1. The van der Waals surface area contributed by atoms with E-state index in [9.17, 15) is 4.79 Å². The van der Waals surface area contributed by atoms with Crippen molar-refractivity contribution in [3.05, 3.63) is 58.7 Å². The fourth-order valence-electron chi connectivity index (χ4n) is 5.03. The number of hydrogen-bond acceptors (Lipinski definition) is 7. The molecule has 5 rings (SSSR count). The van der Waals surface area contributed by atoms with Crippen molar-refractivity contribution in [3.63, 3.8) is 0 Å². The number of aromatic amines is 2. The Labute approximate surface area is 210 Å². The first-order valence-electron chi connectivity index (χ1n) is 12.3. The lowest BCUT2D eigenvalue weighted by atomic mass is 9.95. The number of carbonyl (C=O) groups excluding carboxylic acids is 1. The second-order valence-corrected chi connectivity index (χ2v) is 9.64.